The zero-order valence-electron chi connectivity index (χ0n) is 20.8. The van der Waals surface area contributed by atoms with Gasteiger partial charge in [0.05, 0.1) is 24.5 Å². The normalized spacial score (nSPS) is 23.0. The van der Waals surface area contributed by atoms with Crippen LogP contribution in [0.5, 0.6) is 5.75 Å². The molecule has 0 radical (unpaired) electrons. The van der Waals surface area contributed by atoms with E-state index in [1.165, 1.54) is 19.2 Å². The van der Waals surface area contributed by atoms with Crippen molar-refractivity contribution < 1.29 is 14.6 Å². The molecule has 2 aromatic heterocycles. The molecule has 3 N–H and O–H groups in total. The van der Waals surface area contributed by atoms with E-state index < -0.39 is 6.10 Å². The summed E-state index contributed by atoms with van der Waals surface area (Å²) in [5, 5.41) is 11.5. The summed E-state index contributed by atoms with van der Waals surface area (Å²) in [5.41, 5.74) is 7.66. The smallest absolute Gasteiger partial charge is 0.253 e. The SMILES string of the molecule is CN(C(=O)c1ccc(OCCN2CCCC2)cc1)[C@H]1CCCC[C@@H](n2cnc3c(N)ncnc32)[C@@H]1O. The van der Waals surface area contributed by atoms with Gasteiger partial charge in [-0.15, -0.1) is 0 Å². The lowest BCUT2D eigenvalue weighted by Gasteiger charge is -2.34. The summed E-state index contributed by atoms with van der Waals surface area (Å²) in [6.07, 6.45) is 8.17. The van der Waals surface area contributed by atoms with E-state index in [0.717, 1.165) is 51.1 Å². The van der Waals surface area contributed by atoms with Crippen molar-refractivity contribution >= 4 is 22.9 Å². The lowest BCUT2D eigenvalue weighted by atomic mass is 9.99. The fourth-order valence-electron chi connectivity index (χ4n) is 5.49. The predicted molar refractivity (Wildman–Crippen MR) is 137 cm³/mol. The maximum Gasteiger partial charge on any atom is 0.253 e. The average molecular weight is 494 g/mol. The number of aliphatic hydroxyl groups excluding tert-OH is 1. The molecule has 1 amide bonds. The number of nitrogens with zero attached hydrogens (tertiary/aromatic N) is 6. The highest BCUT2D eigenvalue weighted by molar-refractivity contribution is 5.94. The molecule has 2 aliphatic rings. The van der Waals surface area contributed by atoms with Crippen LogP contribution in [0.3, 0.4) is 0 Å². The molecule has 1 aliphatic carbocycles. The van der Waals surface area contributed by atoms with Crippen LogP contribution in [0, 0.1) is 0 Å². The van der Waals surface area contributed by atoms with Gasteiger partial charge in [0.2, 0.25) is 0 Å². The van der Waals surface area contributed by atoms with E-state index in [0.29, 0.717) is 29.2 Å². The van der Waals surface area contributed by atoms with Crippen LogP contribution < -0.4 is 10.5 Å². The summed E-state index contributed by atoms with van der Waals surface area (Å²) >= 11 is 0. The number of carbonyl (C=O) groups excluding carboxylic acids is 1. The Bertz CT molecular complexity index is 1180. The zero-order chi connectivity index (χ0) is 25.1. The number of nitrogen functional groups attached to an aromatic ring is 1. The first-order valence-electron chi connectivity index (χ1n) is 12.9. The van der Waals surface area contributed by atoms with E-state index in [1.54, 1.807) is 30.4 Å². The van der Waals surface area contributed by atoms with Gasteiger partial charge < -0.3 is 25.0 Å². The number of aromatic nitrogens is 4. The molecule has 3 atom stereocenters. The Hall–Kier alpha value is -3.24. The Morgan fingerprint density at radius 1 is 1.11 bits per heavy atom. The number of ether oxygens (including phenoxy) is 1. The Morgan fingerprint density at radius 3 is 2.64 bits per heavy atom. The second-order valence-corrected chi connectivity index (χ2v) is 9.83. The standard InChI is InChI=1S/C26H35N7O3/c1-31(26(35)18-8-10-19(11-9-18)36-15-14-32-12-4-5-13-32)20-6-2-3-7-21(23(20)34)33-17-30-22-24(27)28-16-29-25(22)33/h8-11,16-17,20-21,23,34H,2-7,12-15H2,1H3,(H2,27,28,29)/t20-,21+,23+/m0/s1. The van der Waals surface area contributed by atoms with Crippen LogP contribution in [0.1, 0.15) is 54.9 Å². The van der Waals surface area contributed by atoms with Crippen LogP contribution in [0.4, 0.5) is 5.82 Å². The summed E-state index contributed by atoms with van der Waals surface area (Å²) < 4.78 is 7.76. The molecule has 3 aromatic rings. The number of nitrogens with two attached hydrogens (primary N) is 1. The molecule has 10 nitrogen and oxygen atoms in total. The molecule has 1 aliphatic heterocycles. The highest BCUT2D eigenvalue weighted by Gasteiger charge is 2.36. The zero-order valence-corrected chi connectivity index (χ0v) is 20.8. The number of aliphatic hydroxyl groups is 1. The average Bonchev–Trinajstić information content (AvgIpc) is 3.53. The van der Waals surface area contributed by atoms with Gasteiger partial charge in [0.15, 0.2) is 11.5 Å². The summed E-state index contributed by atoms with van der Waals surface area (Å²) in [6, 6.07) is 6.69. The van der Waals surface area contributed by atoms with Crippen LogP contribution >= 0.6 is 0 Å². The number of likely N-dealkylation sites (tertiary alicyclic amines) is 1. The van der Waals surface area contributed by atoms with Crippen LogP contribution in [-0.4, -0.2) is 85.8 Å². The van der Waals surface area contributed by atoms with Crippen molar-refractivity contribution in [3.63, 3.8) is 0 Å². The van der Waals surface area contributed by atoms with Crippen molar-refractivity contribution in [2.45, 2.75) is 56.7 Å². The third-order valence-corrected chi connectivity index (χ3v) is 7.58. The molecule has 3 heterocycles. The minimum Gasteiger partial charge on any atom is -0.492 e. The molecule has 36 heavy (non-hydrogen) atoms. The summed E-state index contributed by atoms with van der Waals surface area (Å²) in [7, 11) is 1.77. The fraction of sp³-hybridized carbons (Fsp3) is 0.538. The van der Waals surface area contributed by atoms with E-state index in [1.807, 2.05) is 16.7 Å². The van der Waals surface area contributed by atoms with Crippen LogP contribution in [0.15, 0.2) is 36.9 Å². The van der Waals surface area contributed by atoms with Crippen molar-refractivity contribution in [3.05, 3.63) is 42.5 Å². The number of benzene rings is 1. The van der Waals surface area contributed by atoms with E-state index >= 15 is 0 Å². The lowest BCUT2D eigenvalue weighted by Crippen LogP contribution is -2.47. The lowest BCUT2D eigenvalue weighted by molar-refractivity contribution is 0.0235. The third kappa shape index (κ3) is 5.01. The first-order chi connectivity index (χ1) is 17.5. The minimum absolute atomic E-state index is 0.120. The molecule has 1 saturated carbocycles. The third-order valence-electron chi connectivity index (χ3n) is 7.58. The van der Waals surface area contributed by atoms with Gasteiger partial charge in [0.25, 0.3) is 5.91 Å². The highest BCUT2D eigenvalue weighted by Crippen LogP contribution is 2.33. The van der Waals surface area contributed by atoms with Gasteiger partial charge in [-0.2, -0.15) is 0 Å². The number of carbonyl (C=O) groups is 1. The largest absolute Gasteiger partial charge is 0.492 e. The Balaban J connectivity index is 1.26. The topological polar surface area (TPSA) is 123 Å². The molecule has 2 fully saturated rings. The van der Waals surface area contributed by atoms with Gasteiger partial charge in [-0.3, -0.25) is 9.69 Å². The van der Waals surface area contributed by atoms with E-state index in [-0.39, 0.29) is 18.0 Å². The molecule has 0 bridgehead atoms. The number of imidazole rings is 1. The molecule has 0 spiro atoms. The van der Waals surface area contributed by atoms with Crippen LogP contribution in [0.2, 0.25) is 0 Å². The molecule has 1 saturated heterocycles. The summed E-state index contributed by atoms with van der Waals surface area (Å²) in [4.78, 5) is 30.2. The Labute approximate surface area is 211 Å². The fourth-order valence-corrected chi connectivity index (χ4v) is 5.49. The highest BCUT2D eigenvalue weighted by atomic mass is 16.5. The number of rotatable bonds is 7. The first-order valence-corrected chi connectivity index (χ1v) is 12.9. The van der Waals surface area contributed by atoms with E-state index in [2.05, 4.69) is 19.9 Å². The molecular formula is C26H35N7O3. The van der Waals surface area contributed by atoms with Gasteiger partial charge in [-0.1, -0.05) is 12.8 Å². The molecule has 192 valence electrons. The Morgan fingerprint density at radius 2 is 1.86 bits per heavy atom. The summed E-state index contributed by atoms with van der Waals surface area (Å²) in [6.45, 7) is 3.86. The second-order valence-electron chi connectivity index (χ2n) is 9.83. The number of likely N-dealkylation sites (N-methyl/N-ethyl adjacent to an activating group) is 1. The summed E-state index contributed by atoms with van der Waals surface area (Å²) in [5.74, 6) is 0.954. The van der Waals surface area contributed by atoms with Crippen LogP contribution in [-0.2, 0) is 0 Å². The quantitative estimate of drug-likeness (QED) is 0.482. The van der Waals surface area contributed by atoms with Gasteiger partial charge in [0, 0.05) is 19.2 Å². The van der Waals surface area contributed by atoms with Crippen molar-refractivity contribution in [2.24, 2.45) is 0 Å². The van der Waals surface area contributed by atoms with Crippen molar-refractivity contribution in [1.82, 2.24) is 29.3 Å². The van der Waals surface area contributed by atoms with Crippen molar-refractivity contribution in [3.8, 4) is 5.75 Å². The number of anilines is 1. The molecule has 0 unspecified atom stereocenters. The molecule has 1 aromatic carbocycles. The van der Waals surface area contributed by atoms with Gasteiger partial charge in [-0.05, 0) is 63.0 Å². The minimum atomic E-state index is -0.775. The second kappa shape index (κ2) is 10.8. The maximum absolute atomic E-state index is 13.4. The monoisotopic (exact) mass is 493 g/mol. The van der Waals surface area contributed by atoms with Crippen LogP contribution in [0.25, 0.3) is 11.2 Å². The van der Waals surface area contributed by atoms with E-state index in [9.17, 15) is 9.90 Å². The number of amides is 1. The Kier molecular flexibility index (Phi) is 7.33. The van der Waals surface area contributed by atoms with Gasteiger partial charge >= 0.3 is 0 Å². The van der Waals surface area contributed by atoms with Gasteiger partial charge in [-0.25, -0.2) is 15.0 Å². The van der Waals surface area contributed by atoms with Gasteiger partial charge in [0.1, 0.15) is 24.2 Å². The predicted octanol–water partition coefficient (Wildman–Crippen LogP) is 2.50. The molecule has 10 heteroatoms. The van der Waals surface area contributed by atoms with Crippen molar-refractivity contribution in [2.75, 3.05) is 39.0 Å². The number of fused-ring (bicyclic) bond motifs is 1. The molecule has 5 rings (SSSR count). The first kappa shape index (κ1) is 24.5. The molecular weight excluding hydrogens is 458 g/mol. The maximum atomic E-state index is 13.4. The number of hydrogen-bond acceptors (Lipinski definition) is 8. The number of hydrogen-bond donors (Lipinski definition) is 2. The van der Waals surface area contributed by atoms with E-state index in [4.69, 9.17) is 10.5 Å². The van der Waals surface area contributed by atoms with Crippen molar-refractivity contribution in [1.29, 1.82) is 0 Å².